The number of nitrogens with zero attached hydrogens (tertiary/aromatic N) is 1. The number of ether oxygens (including phenoxy) is 2. The summed E-state index contributed by atoms with van der Waals surface area (Å²) in [6, 6.07) is 0. The van der Waals surface area contributed by atoms with E-state index in [1.54, 1.807) is 0 Å². The maximum Gasteiger partial charge on any atom is 0.472 e. The van der Waals surface area contributed by atoms with Crippen LogP contribution >= 0.6 is 7.82 Å². The lowest BCUT2D eigenvalue weighted by molar-refractivity contribution is -0.870. The second-order valence-corrected chi connectivity index (χ2v) is 27.8. The first-order valence-corrected chi connectivity index (χ1v) is 37.8. The van der Waals surface area contributed by atoms with E-state index in [-0.39, 0.29) is 25.6 Å². The lowest BCUT2D eigenvalue weighted by Crippen LogP contribution is -2.37. The van der Waals surface area contributed by atoms with Crippen LogP contribution in [0.2, 0.25) is 0 Å². The summed E-state index contributed by atoms with van der Waals surface area (Å²) in [4.78, 5) is 35.9. The van der Waals surface area contributed by atoms with Gasteiger partial charge in [-0.05, 0) is 12.8 Å². The van der Waals surface area contributed by atoms with Crippen molar-refractivity contribution >= 4 is 19.8 Å². The molecule has 0 spiro atoms. The van der Waals surface area contributed by atoms with Crippen LogP contribution < -0.4 is 0 Å². The molecule has 0 fully saturated rings. The van der Waals surface area contributed by atoms with Gasteiger partial charge in [0.15, 0.2) is 6.10 Å². The molecule has 0 aliphatic rings. The van der Waals surface area contributed by atoms with Crippen molar-refractivity contribution in [2.75, 3.05) is 47.5 Å². The first-order chi connectivity index (χ1) is 39.5. The molecule has 9 nitrogen and oxygen atoms in total. The molecular weight excluding hydrogens is 1030 g/mol. The lowest BCUT2D eigenvalue weighted by Gasteiger charge is -2.24. The van der Waals surface area contributed by atoms with Gasteiger partial charge in [-0.25, -0.2) is 4.57 Å². The monoisotopic (exact) mass is 1170 g/mol. The van der Waals surface area contributed by atoms with Crippen molar-refractivity contribution in [2.24, 2.45) is 0 Å². The van der Waals surface area contributed by atoms with E-state index in [1.165, 1.54) is 327 Å². The van der Waals surface area contributed by atoms with Crippen LogP contribution in [0.3, 0.4) is 0 Å². The van der Waals surface area contributed by atoms with E-state index in [2.05, 4.69) is 13.8 Å². The molecule has 0 aliphatic heterocycles. The first-order valence-electron chi connectivity index (χ1n) is 36.3. The number of likely N-dealkylation sites (N-methyl/N-ethyl adjacent to an activating group) is 1. The zero-order valence-electron chi connectivity index (χ0n) is 55.3. The topological polar surface area (TPSA) is 108 Å². The van der Waals surface area contributed by atoms with Crippen LogP contribution in [0.1, 0.15) is 393 Å². The molecule has 0 saturated heterocycles. The Kier molecular flexibility index (Phi) is 62.7. The Morgan fingerprint density at radius 1 is 0.333 bits per heavy atom. The Labute approximate surface area is 505 Å². The van der Waals surface area contributed by atoms with E-state index in [1.807, 2.05) is 21.1 Å². The van der Waals surface area contributed by atoms with Crippen molar-refractivity contribution in [3.8, 4) is 0 Å². The molecule has 0 bridgehead atoms. The molecule has 0 heterocycles. The molecule has 0 aliphatic carbocycles. The second-order valence-electron chi connectivity index (χ2n) is 26.4. The van der Waals surface area contributed by atoms with Gasteiger partial charge in [-0.15, -0.1) is 0 Å². The summed E-state index contributed by atoms with van der Waals surface area (Å²) in [7, 11) is 1.51. The van der Waals surface area contributed by atoms with Crippen molar-refractivity contribution in [3.63, 3.8) is 0 Å². The van der Waals surface area contributed by atoms with Gasteiger partial charge in [0.2, 0.25) is 0 Å². The highest BCUT2D eigenvalue weighted by Gasteiger charge is 2.27. The molecule has 81 heavy (non-hydrogen) atoms. The summed E-state index contributed by atoms with van der Waals surface area (Å²) >= 11 is 0. The predicted octanol–water partition coefficient (Wildman–Crippen LogP) is 23.3. The maximum absolute atomic E-state index is 12.9. The number of carbonyl (C=O) groups excluding carboxylic acids is 2. The highest BCUT2D eigenvalue weighted by molar-refractivity contribution is 7.47. The SMILES string of the molecule is CCCCCCCCCCCCCCCCCCCCCCCCCCCCCCCCCCC(=O)OC(COC(=O)CCCCCCCCCCCCCCCCCCCCCCCCCCC)COP(=O)(O)OCC[N+](C)(C)C. The number of phosphoric ester groups is 1. The number of quaternary nitrogens is 1. The molecule has 0 aromatic carbocycles. The van der Waals surface area contributed by atoms with Gasteiger partial charge >= 0.3 is 19.8 Å². The number of unbranched alkanes of at least 4 members (excludes halogenated alkanes) is 55. The van der Waals surface area contributed by atoms with Gasteiger partial charge in [-0.1, -0.05) is 367 Å². The zero-order valence-corrected chi connectivity index (χ0v) is 56.2. The van der Waals surface area contributed by atoms with Crippen LogP contribution in [0.5, 0.6) is 0 Å². The summed E-state index contributed by atoms with van der Waals surface area (Å²) in [5.74, 6) is -0.767. The van der Waals surface area contributed by atoms with Crippen LogP contribution in [0.15, 0.2) is 0 Å². The molecule has 1 N–H and O–H groups in total. The smallest absolute Gasteiger partial charge is 0.462 e. The summed E-state index contributed by atoms with van der Waals surface area (Å²) in [5.41, 5.74) is 0. The highest BCUT2D eigenvalue weighted by atomic mass is 31.2. The number of phosphoric acid groups is 1. The molecular formula is C71H143NO8P+. The molecule has 2 atom stereocenters. The van der Waals surface area contributed by atoms with Crippen molar-refractivity contribution in [3.05, 3.63) is 0 Å². The van der Waals surface area contributed by atoms with Gasteiger partial charge in [0.1, 0.15) is 19.8 Å². The number of rotatable bonds is 69. The summed E-state index contributed by atoms with van der Waals surface area (Å²) < 4.78 is 34.8. The van der Waals surface area contributed by atoms with E-state index in [0.717, 1.165) is 38.5 Å². The molecule has 0 amide bonds. The quantitative estimate of drug-likeness (QED) is 0.0278. The minimum atomic E-state index is -4.38. The summed E-state index contributed by atoms with van der Waals surface area (Å²) in [6.45, 7) is 4.54. The standard InChI is InChI=1S/C71H142NO8P/c1-6-8-10-12-14-16-18-20-22-24-26-28-30-32-33-34-35-36-37-38-40-42-44-46-48-50-52-54-56-58-60-62-64-71(74)80-69(68-79-81(75,76)78-66-65-72(3,4)5)67-77-70(73)63-61-59-57-55-53-51-49-47-45-43-41-39-31-29-27-25-23-21-19-17-15-13-11-9-7-2/h69H,6-68H2,1-5H3/p+1. The van der Waals surface area contributed by atoms with E-state index in [0.29, 0.717) is 17.4 Å². The average Bonchev–Trinajstić information content (AvgIpc) is 3.43. The Balaban J connectivity index is 3.94. The van der Waals surface area contributed by atoms with Crippen molar-refractivity contribution in [2.45, 2.75) is 399 Å². The van der Waals surface area contributed by atoms with E-state index >= 15 is 0 Å². The minimum absolute atomic E-state index is 0.0377. The molecule has 0 radical (unpaired) electrons. The normalized spacial score (nSPS) is 13.0. The van der Waals surface area contributed by atoms with Gasteiger partial charge in [0, 0.05) is 12.8 Å². The first kappa shape index (κ1) is 80.0. The van der Waals surface area contributed by atoms with E-state index in [9.17, 15) is 19.0 Å². The largest absolute Gasteiger partial charge is 0.472 e. The Bertz CT molecular complexity index is 1330. The predicted molar refractivity (Wildman–Crippen MR) is 349 cm³/mol. The Morgan fingerprint density at radius 2 is 0.556 bits per heavy atom. The van der Waals surface area contributed by atoms with Crippen LogP contribution in [-0.2, 0) is 32.7 Å². The van der Waals surface area contributed by atoms with Crippen LogP contribution in [0, 0.1) is 0 Å². The Morgan fingerprint density at radius 3 is 0.790 bits per heavy atom. The number of hydrogen-bond acceptors (Lipinski definition) is 7. The number of carbonyl (C=O) groups is 2. The fourth-order valence-corrected chi connectivity index (χ4v) is 12.1. The molecule has 0 aromatic rings. The molecule has 0 rings (SSSR count). The molecule has 2 unspecified atom stereocenters. The van der Waals surface area contributed by atoms with Crippen LogP contribution in [0.4, 0.5) is 0 Å². The van der Waals surface area contributed by atoms with E-state index < -0.39 is 26.5 Å². The third-order valence-electron chi connectivity index (χ3n) is 16.9. The second kappa shape index (κ2) is 63.5. The highest BCUT2D eigenvalue weighted by Crippen LogP contribution is 2.43. The van der Waals surface area contributed by atoms with E-state index in [4.69, 9.17) is 18.5 Å². The van der Waals surface area contributed by atoms with Crippen molar-refractivity contribution in [1.29, 1.82) is 0 Å². The molecule has 484 valence electrons. The average molecular weight is 1170 g/mol. The van der Waals surface area contributed by atoms with Crippen molar-refractivity contribution < 1.29 is 42.1 Å². The van der Waals surface area contributed by atoms with Gasteiger partial charge in [-0.2, -0.15) is 0 Å². The van der Waals surface area contributed by atoms with Gasteiger partial charge in [0.25, 0.3) is 0 Å². The fraction of sp³-hybridized carbons (Fsp3) is 0.972. The molecule has 0 aromatic heterocycles. The maximum atomic E-state index is 12.9. The minimum Gasteiger partial charge on any atom is -0.462 e. The van der Waals surface area contributed by atoms with Crippen LogP contribution in [0.25, 0.3) is 0 Å². The fourth-order valence-electron chi connectivity index (χ4n) is 11.3. The van der Waals surface area contributed by atoms with Gasteiger partial charge in [-0.3, -0.25) is 18.6 Å². The number of hydrogen-bond donors (Lipinski definition) is 1. The van der Waals surface area contributed by atoms with Gasteiger partial charge < -0.3 is 18.9 Å². The van der Waals surface area contributed by atoms with Crippen LogP contribution in [-0.4, -0.2) is 74.9 Å². The summed E-state index contributed by atoms with van der Waals surface area (Å²) in [6.07, 6.45) is 76.6. The lowest BCUT2D eigenvalue weighted by atomic mass is 10.0. The third kappa shape index (κ3) is 68.0. The molecule has 0 saturated carbocycles. The van der Waals surface area contributed by atoms with Crippen molar-refractivity contribution in [1.82, 2.24) is 0 Å². The zero-order chi connectivity index (χ0) is 59.1. The summed E-state index contributed by atoms with van der Waals surface area (Å²) in [5, 5.41) is 0. The van der Waals surface area contributed by atoms with Gasteiger partial charge in [0.05, 0.1) is 27.7 Å². The third-order valence-corrected chi connectivity index (χ3v) is 17.9. The Hall–Kier alpha value is -0.990. The number of esters is 2. The molecule has 10 heteroatoms.